The molecule has 0 atom stereocenters. The summed E-state index contributed by atoms with van der Waals surface area (Å²) in [4.78, 5) is 0.217. The maximum Gasteiger partial charge on any atom is 0.242 e. The molecule has 0 unspecified atom stereocenters. The van der Waals surface area contributed by atoms with Gasteiger partial charge in [-0.2, -0.15) is 0 Å². The van der Waals surface area contributed by atoms with Crippen LogP contribution in [0.3, 0.4) is 0 Å². The minimum absolute atomic E-state index is 0.193. The molecule has 0 aliphatic heterocycles. The van der Waals surface area contributed by atoms with Crippen LogP contribution in [0, 0.1) is 0 Å². The number of aliphatic hydroxyl groups is 1. The van der Waals surface area contributed by atoms with Crippen molar-refractivity contribution in [1.29, 1.82) is 0 Å². The van der Waals surface area contributed by atoms with Gasteiger partial charge < -0.3 is 16.2 Å². The molecular weight excluding hydrogens is 278 g/mol. The zero-order chi connectivity index (χ0) is 15.2. The molecule has 0 aliphatic rings. The van der Waals surface area contributed by atoms with Crippen molar-refractivity contribution < 1.29 is 13.5 Å². The van der Waals surface area contributed by atoms with Crippen molar-refractivity contribution in [1.82, 2.24) is 4.31 Å². The molecular formula is C13H23N3O3S. The Hall–Kier alpha value is -1.31. The van der Waals surface area contributed by atoms with E-state index in [1.807, 2.05) is 0 Å². The van der Waals surface area contributed by atoms with Crippen LogP contribution in [-0.4, -0.2) is 45.1 Å². The van der Waals surface area contributed by atoms with E-state index in [2.05, 4.69) is 5.32 Å². The van der Waals surface area contributed by atoms with E-state index in [9.17, 15) is 8.42 Å². The first-order valence-corrected chi connectivity index (χ1v) is 8.00. The summed E-state index contributed by atoms with van der Waals surface area (Å²) in [5.41, 5.74) is 6.98. The number of benzene rings is 1. The second kappa shape index (κ2) is 7.47. The fraction of sp³-hybridized carbons (Fsp3) is 0.538. The number of nitrogen functional groups attached to an aromatic ring is 1. The van der Waals surface area contributed by atoms with E-state index in [1.165, 1.54) is 24.5 Å². The average molecular weight is 301 g/mol. The highest BCUT2D eigenvalue weighted by molar-refractivity contribution is 7.89. The monoisotopic (exact) mass is 301 g/mol. The fourth-order valence-corrected chi connectivity index (χ4v) is 2.62. The largest absolute Gasteiger partial charge is 0.397 e. The van der Waals surface area contributed by atoms with Gasteiger partial charge in [-0.25, -0.2) is 12.7 Å². The number of sulfonamides is 1. The Labute approximate surface area is 120 Å². The number of nitrogens with two attached hydrogens (primary N) is 1. The molecule has 0 bridgehead atoms. The Morgan fingerprint density at radius 2 is 1.95 bits per heavy atom. The van der Waals surface area contributed by atoms with Crippen molar-refractivity contribution in [3.63, 3.8) is 0 Å². The van der Waals surface area contributed by atoms with Crippen molar-refractivity contribution in [2.75, 3.05) is 38.3 Å². The van der Waals surface area contributed by atoms with Crippen molar-refractivity contribution >= 4 is 21.4 Å². The molecule has 0 radical (unpaired) electrons. The van der Waals surface area contributed by atoms with Crippen LogP contribution in [0.2, 0.25) is 0 Å². The second-order valence-corrected chi connectivity index (χ2v) is 6.90. The third kappa shape index (κ3) is 4.36. The lowest BCUT2D eigenvalue weighted by molar-refractivity contribution is 0.283. The van der Waals surface area contributed by atoms with Crippen LogP contribution in [0.25, 0.3) is 0 Å². The molecule has 20 heavy (non-hydrogen) atoms. The van der Waals surface area contributed by atoms with Gasteiger partial charge in [0.05, 0.1) is 16.3 Å². The molecule has 0 saturated carbocycles. The summed E-state index contributed by atoms with van der Waals surface area (Å²) in [5.74, 6) is 0. The smallest absolute Gasteiger partial charge is 0.242 e. The van der Waals surface area contributed by atoms with Crippen LogP contribution in [-0.2, 0) is 10.0 Å². The zero-order valence-electron chi connectivity index (χ0n) is 12.0. The summed E-state index contributed by atoms with van der Waals surface area (Å²) < 4.78 is 25.3. The highest BCUT2D eigenvalue weighted by Gasteiger charge is 2.18. The minimum Gasteiger partial charge on any atom is -0.397 e. The van der Waals surface area contributed by atoms with E-state index in [-0.39, 0.29) is 11.5 Å². The predicted octanol–water partition coefficient (Wildman–Crippen LogP) is 1.09. The van der Waals surface area contributed by atoms with Gasteiger partial charge >= 0.3 is 0 Å². The van der Waals surface area contributed by atoms with E-state index in [1.54, 1.807) is 12.1 Å². The van der Waals surface area contributed by atoms with E-state index >= 15 is 0 Å². The molecule has 114 valence electrons. The van der Waals surface area contributed by atoms with Gasteiger partial charge in [-0.1, -0.05) is 0 Å². The topological polar surface area (TPSA) is 95.7 Å². The first-order valence-electron chi connectivity index (χ1n) is 6.56. The van der Waals surface area contributed by atoms with Gasteiger partial charge in [0.2, 0.25) is 10.0 Å². The number of anilines is 2. The quantitative estimate of drug-likeness (QED) is 0.493. The average Bonchev–Trinajstić information content (AvgIpc) is 2.40. The van der Waals surface area contributed by atoms with Crippen molar-refractivity contribution in [3.05, 3.63) is 18.2 Å². The molecule has 4 N–H and O–H groups in total. The van der Waals surface area contributed by atoms with E-state index in [0.717, 1.165) is 19.3 Å². The number of hydrogen-bond donors (Lipinski definition) is 3. The summed E-state index contributed by atoms with van der Waals surface area (Å²) in [6, 6.07) is 4.64. The molecule has 1 rings (SSSR count). The first-order chi connectivity index (χ1) is 9.39. The lowest BCUT2D eigenvalue weighted by Crippen LogP contribution is -2.22. The lowest BCUT2D eigenvalue weighted by Gasteiger charge is -2.14. The number of rotatable bonds is 8. The third-order valence-corrected chi connectivity index (χ3v) is 4.76. The lowest BCUT2D eigenvalue weighted by atomic mass is 10.2. The van der Waals surface area contributed by atoms with Crippen LogP contribution < -0.4 is 11.1 Å². The molecule has 0 aliphatic carbocycles. The zero-order valence-corrected chi connectivity index (χ0v) is 12.8. The summed E-state index contributed by atoms with van der Waals surface area (Å²) >= 11 is 0. The van der Waals surface area contributed by atoms with Gasteiger partial charge in [0.25, 0.3) is 0 Å². The van der Waals surface area contributed by atoms with Gasteiger partial charge in [0.15, 0.2) is 0 Å². The minimum atomic E-state index is -3.45. The van der Waals surface area contributed by atoms with E-state index < -0.39 is 10.0 Å². The molecule has 0 heterocycles. The first kappa shape index (κ1) is 16.7. The van der Waals surface area contributed by atoms with Crippen LogP contribution in [0.15, 0.2) is 23.1 Å². The summed E-state index contributed by atoms with van der Waals surface area (Å²) in [6.45, 7) is 0.883. The van der Waals surface area contributed by atoms with Gasteiger partial charge in [-0.15, -0.1) is 0 Å². The summed E-state index contributed by atoms with van der Waals surface area (Å²) in [6.07, 6.45) is 2.58. The summed E-state index contributed by atoms with van der Waals surface area (Å²) in [7, 11) is -0.463. The molecule has 0 spiro atoms. The third-order valence-electron chi connectivity index (χ3n) is 2.95. The van der Waals surface area contributed by atoms with Gasteiger partial charge in [-0.3, -0.25) is 0 Å². The van der Waals surface area contributed by atoms with Gasteiger partial charge in [0, 0.05) is 27.2 Å². The van der Waals surface area contributed by atoms with E-state index in [0.29, 0.717) is 17.9 Å². The number of hydrogen-bond acceptors (Lipinski definition) is 5. The molecule has 0 aromatic heterocycles. The SMILES string of the molecule is CN(C)S(=O)(=O)c1ccc(N)c(NCCCCCO)c1. The number of aliphatic hydroxyl groups excluding tert-OH is 1. The van der Waals surface area contributed by atoms with Crippen LogP contribution in [0.1, 0.15) is 19.3 Å². The van der Waals surface area contributed by atoms with Crippen LogP contribution in [0.5, 0.6) is 0 Å². The Morgan fingerprint density at radius 1 is 1.25 bits per heavy atom. The maximum atomic E-state index is 12.0. The standard InChI is InChI=1S/C13H23N3O3S/c1-16(2)20(18,19)11-6-7-12(14)13(10-11)15-8-4-3-5-9-17/h6-7,10,15,17H,3-5,8-9,14H2,1-2H3. The van der Waals surface area contributed by atoms with Gasteiger partial charge in [-0.05, 0) is 37.5 Å². The van der Waals surface area contributed by atoms with Crippen molar-refractivity contribution in [2.24, 2.45) is 0 Å². The molecule has 1 aromatic carbocycles. The fourth-order valence-electron chi connectivity index (χ4n) is 1.70. The Kier molecular flexibility index (Phi) is 6.25. The molecule has 1 aromatic rings. The number of nitrogens with zero attached hydrogens (tertiary/aromatic N) is 1. The molecule has 0 amide bonds. The molecule has 0 fully saturated rings. The summed E-state index contributed by atoms with van der Waals surface area (Å²) in [5, 5.41) is 11.8. The number of nitrogens with one attached hydrogen (secondary N) is 1. The van der Waals surface area contributed by atoms with Crippen molar-refractivity contribution in [3.8, 4) is 0 Å². The Balaban J connectivity index is 2.77. The highest BCUT2D eigenvalue weighted by Crippen LogP contribution is 2.24. The van der Waals surface area contributed by atoms with Crippen LogP contribution >= 0.6 is 0 Å². The number of unbranched alkanes of at least 4 members (excludes halogenated alkanes) is 2. The Bertz CT molecular complexity index is 530. The predicted molar refractivity (Wildman–Crippen MR) is 81.2 cm³/mol. The van der Waals surface area contributed by atoms with E-state index in [4.69, 9.17) is 10.8 Å². The molecule has 6 nitrogen and oxygen atoms in total. The second-order valence-electron chi connectivity index (χ2n) is 4.75. The van der Waals surface area contributed by atoms with Gasteiger partial charge in [0.1, 0.15) is 0 Å². The van der Waals surface area contributed by atoms with Crippen LogP contribution in [0.4, 0.5) is 11.4 Å². The normalized spacial score (nSPS) is 11.8. The molecule has 7 heteroatoms. The maximum absolute atomic E-state index is 12.0. The Morgan fingerprint density at radius 3 is 2.55 bits per heavy atom. The van der Waals surface area contributed by atoms with Crippen molar-refractivity contribution in [2.45, 2.75) is 24.2 Å². The highest BCUT2D eigenvalue weighted by atomic mass is 32.2. The molecule has 0 saturated heterocycles.